The number of esters is 1. The summed E-state index contributed by atoms with van der Waals surface area (Å²) in [5.41, 5.74) is 6.64. The molecule has 8 fully saturated rings. The maximum Gasteiger partial charge on any atom is 0.303 e. The molecule has 278 valence electrons. The molecule has 0 aromatic carbocycles. The van der Waals surface area contributed by atoms with Gasteiger partial charge in [0.15, 0.2) is 12.4 Å². The molecule has 3 heterocycles. The van der Waals surface area contributed by atoms with Crippen LogP contribution >= 0.6 is 0 Å². The lowest BCUT2D eigenvalue weighted by Gasteiger charge is -2.63. The molecule has 8 rings (SSSR count). The Kier molecular flexibility index (Phi) is 8.31. The summed E-state index contributed by atoms with van der Waals surface area (Å²) in [5.74, 6) is 1.03. The Labute approximate surface area is 293 Å². The van der Waals surface area contributed by atoms with E-state index in [1.54, 1.807) is 13.8 Å². The summed E-state index contributed by atoms with van der Waals surface area (Å²) in [6.07, 6.45) is 7.07. The number of ether oxygens (including phenoxy) is 6. The molecule has 10 nitrogen and oxygen atoms in total. The normalized spacial score (nSPS) is 51.3. The number of methoxy groups -OCH3 is 1. The highest BCUT2D eigenvalue weighted by Crippen LogP contribution is 2.87. The Morgan fingerprint density at radius 3 is 2.43 bits per heavy atom. The van der Waals surface area contributed by atoms with Crippen LogP contribution in [-0.2, 0) is 33.2 Å². The van der Waals surface area contributed by atoms with Crippen molar-refractivity contribution in [1.29, 1.82) is 0 Å². The first-order valence-electron chi connectivity index (χ1n) is 19.5. The highest BCUT2D eigenvalue weighted by molar-refractivity contribution is 5.66. The zero-order valence-corrected chi connectivity index (χ0v) is 31.4. The van der Waals surface area contributed by atoms with E-state index in [1.807, 2.05) is 7.11 Å². The average molecular weight is 689 g/mol. The molecular formula is C39H64N2O8. The molecular weight excluding hydrogens is 624 g/mol. The molecule has 0 amide bonds. The van der Waals surface area contributed by atoms with Gasteiger partial charge < -0.3 is 39.3 Å². The minimum atomic E-state index is -1.24. The lowest BCUT2D eigenvalue weighted by molar-refractivity contribution is -0.254. The minimum Gasteiger partial charge on any atom is -0.457 e. The number of fused-ring (bicyclic) bond motifs is 4. The van der Waals surface area contributed by atoms with Gasteiger partial charge in [0.25, 0.3) is 0 Å². The SMILES string of the molecule is CO[C@H]1C2OC([C@H](OC(C)=O)C(C)(C)O)C[C@@H](C)[C@@H]2[C@@]2(C)CCC34C[C@@]35CC[C@H](O[C@H]3CN(C6COC6)CCO3)C(C)(C)[C@@H]5CCC4[C@]12N. The molecule has 0 radical (unpaired) electrons. The van der Waals surface area contributed by atoms with Crippen molar-refractivity contribution in [2.45, 2.75) is 154 Å². The van der Waals surface area contributed by atoms with Crippen LogP contribution in [0.4, 0.5) is 0 Å². The number of aliphatic hydroxyl groups is 1. The van der Waals surface area contributed by atoms with Gasteiger partial charge in [-0.25, -0.2) is 0 Å². The number of carbonyl (C=O) groups is 1. The highest BCUT2D eigenvalue weighted by Gasteiger charge is 2.85. The van der Waals surface area contributed by atoms with Gasteiger partial charge in [-0.05, 0) is 111 Å². The van der Waals surface area contributed by atoms with E-state index in [-0.39, 0.29) is 58.1 Å². The van der Waals surface area contributed by atoms with Crippen molar-refractivity contribution in [3.63, 3.8) is 0 Å². The summed E-state index contributed by atoms with van der Waals surface area (Å²) in [4.78, 5) is 14.7. The number of carbonyl (C=O) groups excluding carboxylic acids is 1. The fourth-order valence-corrected chi connectivity index (χ4v) is 14.2. The van der Waals surface area contributed by atoms with Crippen molar-refractivity contribution in [2.75, 3.05) is 40.0 Å². The van der Waals surface area contributed by atoms with Gasteiger partial charge in [-0.3, -0.25) is 9.69 Å². The lowest BCUT2D eigenvalue weighted by Crippen LogP contribution is -2.70. The molecule has 0 aromatic rings. The molecule has 2 spiro atoms. The summed E-state index contributed by atoms with van der Waals surface area (Å²) in [7, 11) is 1.81. The third-order valence-electron chi connectivity index (χ3n) is 16.3. The fourth-order valence-electron chi connectivity index (χ4n) is 14.2. The Balaban J connectivity index is 1.04. The van der Waals surface area contributed by atoms with E-state index < -0.39 is 29.3 Å². The molecule has 5 aliphatic carbocycles. The molecule has 0 aromatic heterocycles. The van der Waals surface area contributed by atoms with Crippen molar-refractivity contribution in [3.05, 3.63) is 0 Å². The number of nitrogens with zero attached hydrogens (tertiary/aromatic N) is 1. The standard InChI is InChI=1S/C39H64N2O8/c1-22-17-25(32(35(5,6)43)47-23(2)42)48-31-30(22)36(7)13-14-38-21-37(38)12-11-28(49-29-18-41(15-16-46-29)24-19-45-20-24)34(3,4)26(37)9-10-27(38)39(36,40)33(31)44-8/h22,24-33,43H,9-21,40H2,1-8H3/t22-,25?,26+,27?,28+,29+,30+,31?,32+,33+,36-,37-,38?,39+/m1/s1. The van der Waals surface area contributed by atoms with Crippen molar-refractivity contribution in [2.24, 2.45) is 51.1 Å². The van der Waals surface area contributed by atoms with Gasteiger partial charge in [-0.1, -0.05) is 27.7 Å². The third-order valence-corrected chi connectivity index (χ3v) is 16.3. The van der Waals surface area contributed by atoms with E-state index in [0.717, 1.165) is 58.6 Å². The van der Waals surface area contributed by atoms with Crippen molar-refractivity contribution >= 4 is 5.97 Å². The topological polar surface area (TPSA) is 122 Å². The highest BCUT2D eigenvalue weighted by atomic mass is 16.7. The van der Waals surface area contributed by atoms with Crippen LogP contribution in [0.2, 0.25) is 0 Å². The summed E-state index contributed by atoms with van der Waals surface area (Å²) < 4.78 is 37.9. The van der Waals surface area contributed by atoms with E-state index in [9.17, 15) is 9.90 Å². The minimum absolute atomic E-state index is 0.0401. The molecule has 3 saturated heterocycles. The maximum absolute atomic E-state index is 12.2. The van der Waals surface area contributed by atoms with Gasteiger partial charge in [-0.15, -0.1) is 0 Å². The number of rotatable bonds is 7. The molecule has 10 heteroatoms. The first kappa shape index (κ1) is 35.2. The second kappa shape index (κ2) is 11.6. The molecule has 5 saturated carbocycles. The molecule has 3 N–H and O–H groups in total. The Morgan fingerprint density at radius 1 is 1.06 bits per heavy atom. The van der Waals surface area contributed by atoms with Crippen LogP contribution in [0.15, 0.2) is 0 Å². The van der Waals surface area contributed by atoms with E-state index in [1.165, 1.54) is 26.2 Å². The zero-order chi connectivity index (χ0) is 34.9. The van der Waals surface area contributed by atoms with Gasteiger partial charge in [0.2, 0.25) is 0 Å². The smallest absolute Gasteiger partial charge is 0.303 e. The number of hydrogen-bond donors (Lipinski definition) is 2. The summed E-state index contributed by atoms with van der Waals surface area (Å²) in [5, 5.41) is 11.1. The van der Waals surface area contributed by atoms with Crippen LogP contribution in [0, 0.1) is 45.3 Å². The Morgan fingerprint density at radius 2 is 1.78 bits per heavy atom. The van der Waals surface area contributed by atoms with Crippen molar-refractivity contribution in [1.82, 2.24) is 4.90 Å². The van der Waals surface area contributed by atoms with Gasteiger partial charge in [0, 0.05) is 20.6 Å². The van der Waals surface area contributed by atoms with Crippen LogP contribution in [0.5, 0.6) is 0 Å². The second-order valence-electron chi connectivity index (χ2n) is 19.2. The number of hydrogen-bond acceptors (Lipinski definition) is 10. The van der Waals surface area contributed by atoms with E-state index in [2.05, 4.69) is 32.6 Å². The van der Waals surface area contributed by atoms with Gasteiger partial charge in [0.05, 0.1) is 61.9 Å². The summed E-state index contributed by atoms with van der Waals surface area (Å²) >= 11 is 0. The third kappa shape index (κ3) is 4.82. The number of morpholine rings is 1. The quantitative estimate of drug-likeness (QED) is 0.375. The van der Waals surface area contributed by atoms with Gasteiger partial charge in [-0.2, -0.15) is 0 Å². The summed E-state index contributed by atoms with van der Waals surface area (Å²) in [6.45, 7) is 18.7. The van der Waals surface area contributed by atoms with Crippen LogP contribution in [0.3, 0.4) is 0 Å². The first-order chi connectivity index (χ1) is 23.0. The van der Waals surface area contributed by atoms with Crippen LogP contribution in [0.25, 0.3) is 0 Å². The van der Waals surface area contributed by atoms with Gasteiger partial charge in [0.1, 0.15) is 6.10 Å². The molecule has 4 unspecified atom stereocenters. The Bertz CT molecular complexity index is 1300. The van der Waals surface area contributed by atoms with Crippen LogP contribution < -0.4 is 5.73 Å². The predicted octanol–water partition coefficient (Wildman–Crippen LogP) is 4.29. The number of nitrogens with two attached hydrogens (primary N) is 1. The van der Waals surface area contributed by atoms with Crippen LogP contribution in [0.1, 0.15) is 99.8 Å². The molecule has 8 aliphatic rings. The molecule has 14 atom stereocenters. The van der Waals surface area contributed by atoms with E-state index >= 15 is 0 Å². The maximum atomic E-state index is 12.2. The molecule has 3 aliphatic heterocycles. The van der Waals surface area contributed by atoms with E-state index in [0.29, 0.717) is 24.3 Å². The predicted molar refractivity (Wildman–Crippen MR) is 182 cm³/mol. The fraction of sp³-hybridized carbons (Fsp3) is 0.974. The first-order valence-corrected chi connectivity index (χ1v) is 19.5. The zero-order valence-electron chi connectivity index (χ0n) is 31.4. The van der Waals surface area contributed by atoms with Gasteiger partial charge >= 0.3 is 5.97 Å². The summed E-state index contributed by atoms with van der Waals surface area (Å²) in [6, 6.07) is 0.506. The largest absolute Gasteiger partial charge is 0.457 e. The van der Waals surface area contributed by atoms with Crippen molar-refractivity contribution in [3.8, 4) is 0 Å². The van der Waals surface area contributed by atoms with Crippen LogP contribution in [-0.4, -0.2) is 110 Å². The molecule has 49 heavy (non-hydrogen) atoms. The monoisotopic (exact) mass is 688 g/mol. The average Bonchev–Trinajstić information content (AvgIpc) is 3.61. The lowest BCUT2D eigenvalue weighted by atomic mass is 9.43. The van der Waals surface area contributed by atoms with E-state index in [4.69, 9.17) is 34.2 Å². The molecule has 0 bridgehead atoms. The second-order valence-corrected chi connectivity index (χ2v) is 19.2. The Hall–Kier alpha value is -0.850. The van der Waals surface area contributed by atoms with Crippen molar-refractivity contribution < 1.29 is 38.3 Å².